The lowest BCUT2D eigenvalue weighted by atomic mass is 9.71. The van der Waals surface area contributed by atoms with Crippen LogP contribution in [-0.4, -0.2) is 110 Å². The maximum absolute atomic E-state index is 13.2. The Labute approximate surface area is 321 Å². The van der Waals surface area contributed by atoms with Crippen molar-refractivity contribution in [2.45, 2.75) is 37.8 Å². The van der Waals surface area contributed by atoms with Crippen LogP contribution in [0, 0.1) is 11.3 Å². The molecule has 5 aliphatic rings. The fourth-order valence-electron chi connectivity index (χ4n) is 9.16. The summed E-state index contributed by atoms with van der Waals surface area (Å²) in [5.41, 5.74) is 4.93. The third-order valence-corrected chi connectivity index (χ3v) is 12.2. The van der Waals surface area contributed by atoms with E-state index in [4.69, 9.17) is 9.47 Å². The second kappa shape index (κ2) is 13.0. The van der Waals surface area contributed by atoms with Crippen molar-refractivity contribution in [1.82, 2.24) is 34.6 Å². The third-order valence-electron chi connectivity index (χ3n) is 12.2. The normalized spacial score (nSPS) is 22.8. The van der Waals surface area contributed by atoms with Gasteiger partial charge in [-0.1, -0.05) is 12.1 Å². The monoisotopic (exact) mass is 753 g/mol. The summed E-state index contributed by atoms with van der Waals surface area (Å²) in [7, 11) is 2.07. The summed E-state index contributed by atoms with van der Waals surface area (Å²) >= 11 is 0. The molecule has 3 saturated heterocycles. The lowest BCUT2D eigenvalue weighted by Gasteiger charge is -2.61. The molecule has 1 spiro atoms. The standard InChI is InChI=1S/C42H39N7O7/c1-46-33-10-11-43-19-32(33)29-5-2-24(16-35(29)46)25-3-9-37(44-18-25)56-28-14-26(15-28)39(52)48-22-42(23-48)20-47(21-42)12-13-55-27-4-6-30-31(17-27)41(54)49(40(30)53)34-7-8-36(50)45-38(34)51/h2-6,9-11,16-19,26,28,34H,7-8,12-15,20-23H2,1H3,(H,45,50,51)/t26-,28-,34?. The molecule has 3 aromatic heterocycles. The molecule has 10 rings (SSSR count). The number of aromatic nitrogens is 3. The Bertz CT molecular complexity index is 2480. The molecule has 4 fully saturated rings. The Balaban J connectivity index is 0.653. The number of benzene rings is 2. The topological polar surface area (TPSA) is 156 Å². The van der Waals surface area contributed by atoms with E-state index in [9.17, 15) is 24.0 Å². The van der Waals surface area contributed by atoms with Crippen molar-refractivity contribution < 1.29 is 33.4 Å². The Hall–Kier alpha value is -6.15. The Morgan fingerprint density at radius 1 is 0.875 bits per heavy atom. The van der Waals surface area contributed by atoms with Gasteiger partial charge in [0.15, 0.2) is 0 Å². The van der Waals surface area contributed by atoms with Gasteiger partial charge in [-0.25, -0.2) is 4.98 Å². The summed E-state index contributed by atoms with van der Waals surface area (Å²) in [5, 5.41) is 4.52. The minimum atomic E-state index is -1.00. The highest BCUT2D eigenvalue weighted by atomic mass is 16.5. The number of nitrogens with one attached hydrogen (secondary N) is 1. The molecule has 1 unspecified atom stereocenters. The lowest BCUT2D eigenvalue weighted by molar-refractivity contribution is -0.168. The van der Waals surface area contributed by atoms with Gasteiger partial charge in [0, 0.05) is 104 Å². The van der Waals surface area contributed by atoms with Crippen molar-refractivity contribution in [3.8, 4) is 22.8 Å². The van der Waals surface area contributed by atoms with Crippen LogP contribution in [0.25, 0.3) is 32.9 Å². The van der Waals surface area contributed by atoms with Crippen LogP contribution >= 0.6 is 0 Å². The molecule has 2 aromatic carbocycles. The molecule has 56 heavy (non-hydrogen) atoms. The first-order valence-corrected chi connectivity index (χ1v) is 19.1. The van der Waals surface area contributed by atoms with Crippen molar-refractivity contribution >= 4 is 51.3 Å². The van der Waals surface area contributed by atoms with E-state index in [2.05, 4.69) is 50.0 Å². The Morgan fingerprint density at radius 2 is 1.68 bits per heavy atom. The lowest BCUT2D eigenvalue weighted by Crippen LogP contribution is -2.73. The van der Waals surface area contributed by atoms with E-state index >= 15 is 0 Å². The summed E-state index contributed by atoms with van der Waals surface area (Å²) < 4.78 is 14.3. The number of carbonyl (C=O) groups excluding carboxylic acids is 5. The number of hydrogen-bond acceptors (Lipinski definition) is 10. The van der Waals surface area contributed by atoms with Crippen LogP contribution in [0.15, 0.2) is 73.2 Å². The summed E-state index contributed by atoms with van der Waals surface area (Å²) in [5.74, 6) is -0.923. The summed E-state index contributed by atoms with van der Waals surface area (Å²) in [4.78, 5) is 77.2. The largest absolute Gasteiger partial charge is 0.492 e. The number of piperidine rings is 1. The maximum Gasteiger partial charge on any atom is 0.262 e. The molecular formula is C42H39N7O7. The fraction of sp³-hybridized carbons (Fsp3) is 0.357. The van der Waals surface area contributed by atoms with Gasteiger partial charge in [0.2, 0.25) is 23.6 Å². The quantitative estimate of drug-likeness (QED) is 0.221. The molecule has 14 nitrogen and oxygen atoms in total. The predicted octanol–water partition coefficient (Wildman–Crippen LogP) is 3.57. The Kier molecular flexibility index (Phi) is 7.96. The number of imide groups is 2. The number of aryl methyl sites for hydroxylation is 1. The second-order valence-electron chi connectivity index (χ2n) is 15.9. The number of carbonyl (C=O) groups is 5. The highest BCUT2D eigenvalue weighted by Crippen LogP contribution is 2.42. The van der Waals surface area contributed by atoms with Crippen LogP contribution in [0.4, 0.5) is 0 Å². The van der Waals surface area contributed by atoms with Crippen molar-refractivity contribution in [1.29, 1.82) is 0 Å². The van der Waals surface area contributed by atoms with Crippen LogP contribution < -0.4 is 14.8 Å². The number of amides is 5. The zero-order valence-electron chi connectivity index (χ0n) is 30.8. The number of hydrogen-bond donors (Lipinski definition) is 1. The van der Waals surface area contributed by atoms with Crippen molar-refractivity contribution in [2.24, 2.45) is 18.4 Å². The molecule has 284 valence electrons. The number of pyridine rings is 2. The molecule has 14 heteroatoms. The van der Waals surface area contributed by atoms with Crippen LogP contribution in [0.3, 0.4) is 0 Å². The van der Waals surface area contributed by atoms with Gasteiger partial charge in [0.05, 0.1) is 16.6 Å². The molecule has 1 aliphatic carbocycles. The number of ether oxygens (including phenoxy) is 2. The van der Waals surface area contributed by atoms with Gasteiger partial charge in [0.1, 0.15) is 24.5 Å². The summed E-state index contributed by atoms with van der Waals surface area (Å²) in [6, 6.07) is 16.1. The van der Waals surface area contributed by atoms with E-state index in [1.54, 1.807) is 18.2 Å². The molecule has 1 atom stereocenters. The molecule has 4 aliphatic heterocycles. The van der Waals surface area contributed by atoms with Crippen molar-refractivity contribution in [2.75, 3.05) is 39.3 Å². The smallest absolute Gasteiger partial charge is 0.262 e. The highest BCUT2D eigenvalue weighted by molar-refractivity contribution is 6.23. The van der Waals surface area contributed by atoms with Crippen LogP contribution in [0.5, 0.6) is 11.6 Å². The van der Waals surface area contributed by atoms with Crippen molar-refractivity contribution in [3.63, 3.8) is 0 Å². The van der Waals surface area contributed by atoms with E-state index in [0.29, 0.717) is 37.6 Å². The zero-order valence-corrected chi connectivity index (χ0v) is 30.8. The molecular weight excluding hydrogens is 715 g/mol. The molecule has 7 heterocycles. The number of fused-ring (bicyclic) bond motifs is 4. The van der Waals surface area contributed by atoms with Crippen LogP contribution in [-0.2, 0) is 21.4 Å². The van der Waals surface area contributed by atoms with E-state index < -0.39 is 29.7 Å². The molecule has 5 amide bonds. The first-order chi connectivity index (χ1) is 27.1. The van der Waals surface area contributed by atoms with Gasteiger partial charge in [-0.3, -0.25) is 44.1 Å². The molecule has 0 radical (unpaired) electrons. The number of nitrogens with zero attached hydrogens (tertiary/aromatic N) is 6. The number of likely N-dealkylation sites (tertiary alicyclic amines) is 2. The van der Waals surface area contributed by atoms with Crippen LogP contribution in [0.2, 0.25) is 0 Å². The van der Waals surface area contributed by atoms with E-state index in [1.807, 2.05) is 41.7 Å². The second-order valence-corrected chi connectivity index (χ2v) is 15.9. The molecule has 5 aromatic rings. The minimum absolute atomic E-state index is 0.0190. The van der Waals surface area contributed by atoms with E-state index in [1.165, 1.54) is 5.39 Å². The summed E-state index contributed by atoms with van der Waals surface area (Å²) in [6.45, 7) is 4.40. The van der Waals surface area contributed by atoms with Gasteiger partial charge in [0.25, 0.3) is 11.8 Å². The SMILES string of the molecule is Cn1c2ccncc2c2ccc(-c3ccc(O[C@H]4C[C@H](C(=O)N5CC6(CN(CCOc7ccc8c(c7)C(=O)N(C7CCC(=O)NC7=O)C8=O)C6)C5)C4)nc3)cc21. The maximum atomic E-state index is 13.2. The predicted molar refractivity (Wildman–Crippen MR) is 203 cm³/mol. The van der Waals surface area contributed by atoms with E-state index in [-0.39, 0.29) is 47.3 Å². The molecule has 1 N–H and O–H groups in total. The van der Waals surface area contributed by atoms with E-state index in [0.717, 1.165) is 58.6 Å². The third kappa shape index (κ3) is 5.69. The van der Waals surface area contributed by atoms with Gasteiger partial charge in [-0.2, -0.15) is 0 Å². The minimum Gasteiger partial charge on any atom is -0.492 e. The first-order valence-electron chi connectivity index (χ1n) is 19.1. The van der Waals surface area contributed by atoms with Crippen LogP contribution in [0.1, 0.15) is 46.4 Å². The fourth-order valence-corrected chi connectivity index (χ4v) is 9.16. The zero-order chi connectivity index (χ0) is 38.3. The van der Waals surface area contributed by atoms with Gasteiger partial charge >= 0.3 is 0 Å². The van der Waals surface area contributed by atoms with Gasteiger partial charge in [-0.15, -0.1) is 0 Å². The molecule has 1 saturated carbocycles. The average molecular weight is 754 g/mol. The van der Waals surface area contributed by atoms with Gasteiger partial charge in [-0.05, 0) is 61.2 Å². The number of rotatable bonds is 9. The summed E-state index contributed by atoms with van der Waals surface area (Å²) in [6.07, 6.45) is 7.11. The Morgan fingerprint density at radius 3 is 2.46 bits per heavy atom. The highest BCUT2D eigenvalue weighted by Gasteiger charge is 2.54. The first kappa shape index (κ1) is 34.3. The van der Waals surface area contributed by atoms with Gasteiger partial charge < -0.3 is 18.9 Å². The average Bonchev–Trinajstić information content (AvgIpc) is 3.58. The molecule has 0 bridgehead atoms. The van der Waals surface area contributed by atoms with Crippen molar-refractivity contribution in [3.05, 3.63) is 84.3 Å².